The molecular weight excluding hydrogens is 260 g/mol. The van der Waals surface area contributed by atoms with Crippen LogP contribution in [0, 0.1) is 23.0 Å². The molecule has 2 N–H and O–H groups in total. The topological polar surface area (TPSA) is 92.5 Å². The molecule has 0 radical (unpaired) electrons. The fourth-order valence-electron chi connectivity index (χ4n) is 2.33. The molecule has 1 saturated carbocycles. The first-order valence-corrected chi connectivity index (χ1v) is 6.69. The molecule has 1 atom stereocenters. The quantitative estimate of drug-likeness (QED) is 0.613. The van der Waals surface area contributed by atoms with Crippen LogP contribution in [0.2, 0.25) is 0 Å². The zero-order valence-electron chi connectivity index (χ0n) is 11.3. The minimum atomic E-state index is -0.479. The summed E-state index contributed by atoms with van der Waals surface area (Å²) < 4.78 is 0. The van der Waals surface area contributed by atoms with E-state index in [1.54, 1.807) is 6.92 Å². The zero-order valence-corrected chi connectivity index (χ0v) is 11.3. The van der Waals surface area contributed by atoms with Crippen molar-refractivity contribution in [3.63, 3.8) is 0 Å². The van der Waals surface area contributed by atoms with Gasteiger partial charge in [-0.1, -0.05) is 0 Å². The molecule has 1 aromatic rings. The Bertz CT molecular complexity index is 526. The van der Waals surface area contributed by atoms with E-state index < -0.39 is 4.92 Å². The molecule has 2 rings (SSSR count). The molecule has 0 saturated heterocycles. The predicted molar refractivity (Wildman–Crippen MR) is 73.5 cm³/mol. The van der Waals surface area contributed by atoms with E-state index in [2.05, 4.69) is 5.32 Å². The van der Waals surface area contributed by atoms with Crippen molar-refractivity contribution < 1.29 is 14.8 Å². The lowest BCUT2D eigenvalue weighted by molar-refractivity contribution is -0.384. The highest BCUT2D eigenvalue weighted by atomic mass is 16.6. The molecule has 108 valence electrons. The van der Waals surface area contributed by atoms with E-state index in [4.69, 9.17) is 5.11 Å². The fourth-order valence-corrected chi connectivity index (χ4v) is 2.33. The maximum atomic E-state index is 12.2. The first kappa shape index (κ1) is 14.5. The van der Waals surface area contributed by atoms with Gasteiger partial charge in [0.2, 0.25) is 0 Å². The van der Waals surface area contributed by atoms with Crippen molar-refractivity contribution in [2.24, 2.45) is 5.92 Å². The molecule has 0 aliphatic heterocycles. The Hall–Kier alpha value is -1.95. The van der Waals surface area contributed by atoms with E-state index in [-0.39, 0.29) is 24.2 Å². The normalized spacial score (nSPS) is 15.7. The number of hydrogen-bond donors (Lipinski definition) is 2. The van der Waals surface area contributed by atoms with Gasteiger partial charge in [0, 0.05) is 30.3 Å². The SMILES string of the molecule is Cc1cc([N+](=O)[O-])ccc1C(=O)NC(CCO)C1CC1. The molecule has 1 aliphatic rings. The van der Waals surface area contributed by atoms with Gasteiger partial charge in [-0.05, 0) is 43.7 Å². The number of benzene rings is 1. The Kier molecular flexibility index (Phi) is 4.34. The van der Waals surface area contributed by atoms with Crippen molar-refractivity contribution in [1.29, 1.82) is 0 Å². The number of amides is 1. The number of aliphatic hydroxyl groups excluding tert-OH is 1. The number of nitrogens with zero attached hydrogens (tertiary/aromatic N) is 1. The highest BCUT2D eigenvalue weighted by Crippen LogP contribution is 2.34. The molecule has 0 aromatic heterocycles. The van der Waals surface area contributed by atoms with E-state index in [1.807, 2.05) is 0 Å². The average Bonchev–Trinajstić information content (AvgIpc) is 3.22. The van der Waals surface area contributed by atoms with E-state index in [9.17, 15) is 14.9 Å². The summed E-state index contributed by atoms with van der Waals surface area (Å²) >= 11 is 0. The lowest BCUT2D eigenvalue weighted by atomic mass is 10.0. The van der Waals surface area contributed by atoms with Crippen molar-refractivity contribution in [2.75, 3.05) is 6.61 Å². The molecule has 1 aliphatic carbocycles. The van der Waals surface area contributed by atoms with Crippen LogP contribution in [0.1, 0.15) is 35.2 Å². The number of nitrogens with one attached hydrogen (secondary N) is 1. The first-order valence-electron chi connectivity index (χ1n) is 6.69. The van der Waals surface area contributed by atoms with Gasteiger partial charge in [-0.15, -0.1) is 0 Å². The largest absolute Gasteiger partial charge is 0.396 e. The number of rotatable bonds is 6. The van der Waals surface area contributed by atoms with Gasteiger partial charge in [-0.3, -0.25) is 14.9 Å². The number of nitro groups is 1. The van der Waals surface area contributed by atoms with Crippen molar-refractivity contribution >= 4 is 11.6 Å². The third-order valence-corrected chi connectivity index (χ3v) is 3.61. The molecule has 0 heterocycles. The average molecular weight is 278 g/mol. The number of aliphatic hydroxyl groups is 1. The summed E-state index contributed by atoms with van der Waals surface area (Å²) in [6.45, 7) is 1.72. The molecule has 6 nitrogen and oxygen atoms in total. The zero-order chi connectivity index (χ0) is 14.7. The molecule has 0 spiro atoms. The van der Waals surface area contributed by atoms with Gasteiger partial charge in [-0.25, -0.2) is 0 Å². The van der Waals surface area contributed by atoms with Crippen LogP contribution in [-0.2, 0) is 0 Å². The monoisotopic (exact) mass is 278 g/mol. The number of non-ortho nitro benzene ring substituents is 1. The van der Waals surface area contributed by atoms with Gasteiger partial charge in [0.1, 0.15) is 0 Å². The number of carbonyl (C=O) groups excluding carboxylic acids is 1. The number of aryl methyl sites for hydroxylation is 1. The number of carbonyl (C=O) groups is 1. The standard InChI is InChI=1S/C14H18N2O4/c1-9-8-11(16(19)20)4-5-12(9)14(18)15-13(6-7-17)10-2-3-10/h4-5,8,10,13,17H,2-3,6-7H2,1H3,(H,15,18). The van der Waals surface area contributed by atoms with Crippen LogP contribution < -0.4 is 5.32 Å². The molecule has 20 heavy (non-hydrogen) atoms. The van der Waals surface area contributed by atoms with Crippen molar-refractivity contribution in [2.45, 2.75) is 32.2 Å². The minimum Gasteiger partial charge on any atom is -0.396 e. The van der Waals surface area contributed by atoms with Gasteiger partial charge >= 0.3 is 0 Å². The van der Waals surface area contributed by atoms with Crippen LogP contribution in [0.5, 0.6) is 0 Å². The summed E-state index contributed by atoms with van der Waals surface area (Å²) in [5.41, 5.74) is 1.00. The third kappa shape index (κ3) is 3.33. The van der Waals surface area contributed by atoms with Crippen LogP contribution in [-0.4, -0.2) is 28.6 Å². The lowest BCUT2D eigenvalue weighted by Gasteiger charge is -2.17. The van der Waals surface area contributed by atoms with Crippen LogP contribution in [0.3, 0.4) is 0 Å². The predicted octanol–water partition coefficient (Wildman–Crippen LogP) is 1.79. The van der Waals surface area contributed by atoms with E-state index in [0.29, 0.717) is 23.5 Å². The van der Waals surface area contributed by atoms with Gasteiger partial charge in [0.25, 0.3) is 11.6 Å². The molecule has 6 heteroatoms. The van der Waals surface area contributed by atoms with E-state index in [0.717, 1.165) is 12.8 Å². The van der Waals surface area contributed by atoms with E-state index in [1.165, 1.54) is 18.2 Å². The van der Waals surface area contributed by atoms with Crippen LogP contribution in [0.15, 0.2) is 18.2 Å². The third-order valence-electron chi connectivity index (χ3n) is 3.61. The minimum absolute atomic E-state index is 0.0120. The maximum Gasteiger partial charge on any atom is 0.269 e. The molecule has 0 bridgehead atoms. The van der Waals surface area contributed by atoms with Crippen molar-refractivity contribution in [3.05, 3.63) is 39.4 Å². The van der Waals surface area contributed by atoms with Crippen molar-refractivity contribution in [3.8, 4) is 0 Å². The Morgan fingerprint density at radius 2 is 2.25 bits per heavy atom. The maximum absolute atomic E-state index is 12.2. The van der Waals surface area contributed by atoms with E-state index >= 15 is 0 Å². The van der Waals surface area contributed by atoms with Gasteiger partial charge in [-0.2, -0.15) is 0 Å². The molecule has 1 amide bonds. The molecule has 1 aromatic carbocycles. The summed E-state index contributed by atoms with van der Waals surface area (Å²) in [7, 11) is 0. The summed E-state index contributed by atoms with van der Waals surface area (Å²) in [5, 5.41) is 22.6. The molecular formula is C14H18N2O4. The van der Waals surface area contributed by atoms with Gasteiger partial charge in [0.15, 0.2) is 0 Å². The fraction of sp³-hybridized carbons (Fsp3) is 0.500. The second-order valence-corrected chi connectivity index (χ2v) is 5.19. The second kappa shape index (κ2) is 6.00. The van der Waals surface area contributed by atoms with Gasteiger partial charge < -0.3 is 10.4 Å². The van der Waals surface area contributed by atoms with Crippen LogP contribution in [0.25, 0.3) is 0 Å². The highest BCUT2D eigenvalue weighted by molar-refractivity contribution is 5.96. The smallest absolute Gasteiger partial charge is 0.269 e. The van der Waals surface area contributed by atoms with Crippen molar-refractivity contribution in [1.82, 2.24) is 5.32 Å². The summed E-state index contributed by atoms with van der Waals surface area (Å²) in [6.07, 6.45) is 2.69. The number of hydrogen-bond acceptors (Lipinski definition) is 4. The van der Waals surface area contributed by atoms with Crippen LogP contribution in [0.4, 0.5) is 5.69 Å². The highest BCUT2D eigenvalue weighted by Gasteiger charge is 2.32. The summed E-state index contributed by atoms with van der Waals surface area (Å²) in [5.74, 6) is 0.215. The summed E-state index contributed by atoms with van der Waals surface area (Å²) in [6, 6.07) is 4.20. The number of nitro benzene ring substituents is 1. The summed E-state index contributed by atoms with van der Waals surface area (Å²) in [4.78, 5) is 22.4. The Labute approximate surface area is 117 Å². The van der Waals surface area contributed by atoms with Crippen LogP contribution >= 0.6 is 0 Å². The lowest BCUT2D eigenvalue weighted by Crippen LogP contribution is -2.37. The Morgan fingerprint density at radius 1 is 1.55 bits per heavy atom. The Morgan fingerprint density at radius 3 is 2.75 bits per heavy atom. The molecule has 1 unspecified atom stereocenters. The first-order chi connectivity index (χ1) is 9.52. The Balaban J connectivity index is 2.10. The van der Waals surface area contributed by atoms with Gasteiger partial charge in [0.05, 0.1) is 4.92 Å². The molecule has 1 fully saturated rings. The second-order valence-electron chi connectivity index (χ2n) is 5.19.